The van der Waals surface area contributed by atoms with Crippen LogP contribution in [0.3, 0.4) is 0 Å². The molecule has 1 heterocycles. The fourth-order valence-electron chi connectivity index (χ4n) is 3.46. The summed E-state index contributed by atoms with van der Waals surface area (Å²) in [7, 11) is 0. The highest BCUT2D eigenvalue weighted by molar-refractivity contribution is 5.79. The summed E-state index contributed by atoms with van der Waals surface area (Å²) in [5, 5.41) is 39.5. The molecular formula is C18H31NO7. The highest BCUT2D eigenvalue weighted by Crippen LogP contribution is 2.38. The minimum absolute atomic E-state index is 0.00325. The standard InChI is InChI=1S/C18H31NO7/c1-17(2)10-14(11-18(3,4)19(17)25)26-16(24)8-6-13(21)9-12(20)5-7-15(22)23/h5,7,12-14,20-21,25H,6,8-11H2,1-4H3,(H,22,23)/b7-5+. The van der Waals surface area contributed by atoms with Gasteiger partial charge in [0.15, 0.2) is 0 Å². The first kappa shape index (κ1) is 22.6. The van der Waals surface area contributed by atoms with Gasteiger partial charge in [-0.15, -0.1) is 0 Å². The van der Waals surface area contributed by atoms with Crippen LogP contribution in [0.5, 0.6) is 0 Å². The smallest absolute Gasteiger partial charge is 0.328 e. The van der Waals surface area contributed by atoms with E-state index in [1.54, 1.807) is 0 Å². The summed E-state index contributed by atoms with van der Waals surface area (Å²) < 4.78 is 5.50. The summed E-state index contributed by atoms with van der Waals surface area (Å²) in [6.45, 7) is 7.52. The number of nitrogens with zero attached hydrogens (tertiary/aromatic N) is 1. The van der Waals surface area contributed by atoms with Crippen molar-refractivity contribution in [2.45, 2.75) is 89.2 Å². The molecule has 1 aliphatic rings. The summed E-state index contributed by atoms with van der Waals surface area (Å²) in [6.07, 6.45) is 0.589. The molecule has 0 aromatic carbocycles. The van der Waals surface area contributed by atoms with Crippen molar-refractivity contribution in [2.24, 2.45) is 0 Å². The largest absolute Gasteiger partial charge is 0.478 e. The van der Waals surface area contributed by atoms with E-state index in [0.29, 0.717) is 12.8 Å². The Morgan fingerprint density at radius 2 is 1.73 bits per heavy atom. The number of carboxylic acids is 1. The molecule has 1 rings (SSSR count). The molecule has 0 amide bonds. The zero-order chi connectivity index (χ0) is 20.1. The summed E-state index contributed by atoms with van der Waals surface area (Å²) >= 11 is 0. The average molecular weight is 373 g/mol. The summed E-state index contributed by atoms with van der Waals surface area (Å²) in [4.78, 5) is 22.4. The van der Waals surface area contributed by atoms with E-state index in [9.17, 15) is 25.0 Å². The number of aliphatic carboxylic acids is 1. The number of carbonyl (C=O) groups is 2. The van der Waals surface area contributed by atoms with Crippen LogP contribution in [0, 0.1) is 0 Å². The van der Waals surface area contributed by atoms with E-state index in [-0.39, 0.29) is 25.4 Å². The second-order valence-electron chi connectivity index (χ2n) is 8.15. The van der Waals surface area contributed by atoms with Crippen LogP contribution >= 0.6 is 0 Å². The lowest BCUT2D eigenvalue weighted by Crippen LogP contribution is -2.60. The second-order valence-corrected chi connectivity index (χ2v) is 8.15. The molecule has 1 aliphatic heterocycles. The van der Waals surface area contributed by atoms with Crippen LogP contribution in [0.25, 0.3) is 0 Å². The number of piperidine rings is 1. The van der Waals surface area contributed by atoms with Gasteiger partial charge in [-0.3, -0.25) is 4.79 Å². The maximum atomic E-state index is 12.1. The zero-order valence-corrected chi connectivity index (χ0v) is 15.9. The molecule has 0 aromatic rings. The number of esters is 1. The van der Waals surface area contributed by atoms with E-state index < -0.39 is 35.2 Å². The third-order valence-corrected chi connectivity index (χ3v) is 4.56. The maximum Gasteiger partial charge on any atom is 0.328 e. The first-order valence-electron chi connectivity index (χ1n) is 8.79. The van der Waals surface area contributed by atoms with E-state index in [4.69, 9.17) is 9.84 Å². The van der Waals surface area contributed by atoms with Crippen LogP contribution < -0.4 is 0 Å². The predicted octanol–water partition coefficient (Wildman–Crippen LogP) is 1.47. The molecule has 150 valence electrons. The Balaban J connectivity index is 2.43. The van der Waals surface area contributed by atoms with Gasteiger partial charge < -0.3 is 25.3 Å². The van der Waals surface area contributed by atoms with Gasteiger partial charge in [-0.05, 0) is 40.2 Å². The normalized spacial score (nSPS) is 22.9. The molecule has 8 heteroatoms. The Labute approximate surface area is 154 Å². The highest BCUT2D eigenvalue weighted by Gasteiger charge is 2.46. The van der Waals surface area contributed by atoms with Crippen molar-refractivity contribution >= 4 is 11.9 Å². The van der Waals surface area contributed by atoms with E-state index in [0.717, 1.165) is 12.2 Å². The fraction of sp³-hybridized carbons (Fsp3) is 0.778. The number of rotatable bonds is 8. The minimum Gasteiger partial charge on any atom is -0.478 e. The van der Waals surface area contributed by atoms with Crippen molar-refractivity contribution in [2.75, 3.05) is 0 Å². The van der Waals surface area contributed by atoms with E-state index in [1.165, 1.54) is 5.06 Å². The van der Waals surface area contributed by atoms with E-state index in [2.05, 4.69) is 0 Å². The SMILES string of the molecule is CC1(C)CC(OC(=O)CCC(O)CC(O)/C=C/C(=O)O)CC(C)(C)N1O. The molecule has 0 radical (unpaired) electrons. The van der Waals surface area contributed by atoms with Gasteiger partial charge in [-0.2, -0.15) is 5.06 Å². The van der Waals surface area contributed by atoms with Crippen molar-refractivity contribution in [3.8, 4) is 0 Å². The molecule has 1 saturated heterocycles. The fourth-order valence-corrected chi connectivity index (χ4v) is 3.46. The Morgan fingerprint density at radius 1 is 1.19 bits per heavy atom. The highest BCUT2D eigenvalue weighted by atomic mass is 16.5. The first-order chi connectivity index (χ1) is 11.8. The van der Waals surface area contributed by atoms with Crippen molar-refractivity contribution in [1.29, 1.82) is 0 Å². The van der Waals surface area contributed by atoms with Gasteiger partial charge in [0.1, 0.15) is 6.10 Å². The summed E-state index contributed by atoms with van der Waals surface area (Å²) in [5.74, 6) is -1.62. The zero-order valence-electron chi connectivity index (χ0n) is 15.9. The lowest BCUT2D eigenvalue weighted by Gasteiger charge is -2.50. The Bertz CT molecular complexity index is 512. The van der Waals surface area contributed by atoms with Crippen molar-refractivity contribution in [1.82, 2.24) is 5.06 Å². The number of carbonyl (C=O) groups excluding carboxylic acids is 1. The number of aliphatic hydroxyl groups excluding tert-OH is 2. The lowest BCUT2D eigenvalue weighted by atomic mass is 9.80. The van der Waals surface area contributed by atoms with E-state index in [1.807, 2.05) is 27.7 Å². The third-order valence-electron chi connectivity index (χ3n) is 4.56. The third kappa shape index (κ3) is 7.03. The van der Waals surface area contributed by atoms with Gasteiger partial charge in [-0.25, -0.2) is 4.79 Å². The van der Waals surface area contributed by atoms with Gasteiger partial charge in [0.05, 0.1) is 12.2 Å². The molecule has 26 heavy (non-hydrogen) atoms. The van der Waals surface area contributed by atoms with Crippen LogP contribution in [0.15, 0.2) is 12.2 Å². The molecule has 0 saturated carbocycles. The van der Waals surface area contributed by atoms with Crippen molar-refractivity contribution in [3.05, 3.63) is 12.2 Å². The molecule has 8 nitrogen and oxygen atoms in total. The first-order valence-corrected chi connectivity index (χ1v) is 8.79. The molecule has 1 fully saturated rings. The molecule has 4 N–H and O–H groups in total. The topological polar surface area (TPSA) is 128 Å². The molecule has 2 unspecified atom stereocenters. The maximum absolute atomic E-state index is 12.1. The van der Waals surface area contributed by atoms with Gasteiger partial charge in [0, 0.05) is 42.8 Å². The van der Waals surface area contributed by atoms with Gasteiger partial charge >= 0.3 is 11.9 Å². The Kier molecular flexibility index (Phi) is 7.76. The Hall–Kier alpha value is -1.48. The number of hydrogen-bond donors (Lipinski definition) is 4. The Morgan fingerprint density at radius 3 is 2.23 bits per heavy atom. The van der Waals surface area contributed by atoms with Gasteiger partial charge in [0.25, 0.3) is 0 Å². The van der Waals surface area contributed by atoms with Crippen LogP contribution in [0.4, 0.5) is 0 Å². The van der Waals surface area contributed by atoms with Crippen molar-refractivity contribution in [3.63, 3.8) is 0 Å². The molecule has 0 aromatic heterocycles. The average Bonchev–Trinajstić information content (AvgIpc) is 2.48. The lowest BCUT2D eigenvalue weighted by molar-refractivity contribution is -0.259. The molecule has 2 atom stereocenters. The number of carboxylic acid groups (broad SMARTS) is 1. The number of hydrogen-bond acceptors (Lipinski definition) is 7. The van der Waals surface area contributed by atoms with Crippen LogP contribution in [0.1, 0.15) is 59.8 Å². The molecule has 0 aliphatic carbocycles. The van der Waals surface area contributed by atoms with Gasteiger partial charge in [-0.1, -0.05) is 0 Å². The minimum atomic E-state index is -1.18. The molecule has 0 bridgehead atoms. The second kappa shape index (κ2) is 8.94. The van der Waals surface area contributed by atoms with Crippen LogP contribution in [-0.2, 0) is 14.3 Å². The summed E-state index contributed by atoms with van der Waals surface area (Å²) in [5.41, 5.74) is -1.04. The van der Waals surface area contributed by atoms with Crippen LogP contribution in [-0.4, -0.2) is 66.9 Å². The number of hydroxylamine groups is 2. The molecule has 0 spiro atoms. The van der Waals surface area contributed by atoms with E-state index >= 15 is 0 Å². The number of ether oxygens (including phenoxy) is 1. The van der Waals surface area contributed by atoms with Gasteiger partial charge in [0.2, 0.25) is 0 Å². The predicted molar refractivity (Wildman–Crippen MR) is 93.5 cm³/mol. The summed E-state index contributed by atoms with van der Waals surface area (Å²) in [6, 6.07) is 0. The van der Waals surface area contributed by atoms with Crippen LogP contribution in [0.2, 0.25) is 0 Å². The van der Waals surface area contributed by atoms with Crippen molar-refractivity contribution < 1.29 is 34.9 Å². The monoisotopic (exact) mass is 373 g/mol. The number of aliphatic hydroxyl groups is 2. The quantitative estimate of drug-likeness (QED) is 0.372. The molecular weight excluding hydrogens is 342 g/mol.